The van der Waals surface area contributed by atoms with Crippen LogP contribution in [0.1, 0.15) is 93.6 Å². The molecule has 0 spiro atoms. The number of rotatable bonds is 24. The summed E-state index contributed by atoms with van der Waals surface area (Å²) in [6.45, 7) is 7.73. The van der Waals surface area contributed by atoms with E-state index in [0.717, 1.165) is 27.6 Å². The highest BCUT2D eigenvalue weighted by atomic mass is 79.9. The molecule has 2 atom stereocenters. The molecular formula is C49H69BrO18P2. The Bertz CT molecular complexity index is 2270. The normalized spacial score (nSPS) is 14.3. The van der Waals surface area contributed by atoms with Crippen molar-refractivity contribution >= 4 is 56.0 Å². The number of fused-ring (bicyclic) bond motifs is 2. The summed E-state index contributed by atoms with van der Waals surface area (Å²) in [5.74, 6) is -1.60. The first-order chi connectivity index (χ1) is 33.3. The number of esters is 4. The van der Waals surface area contributed by atoms with E-state index < -0.39 is 34.1 Å². The number of ether oxygens (including phenoxy) is 6. The van der Waals surface area contributed by atoms with Gasteiger partial charge in [-0.1, -0.05) is 63.5 Å². The van der Waals surface area contributed by atoms with Gasteiger partial charge in [-0.3, -0.25) is 14.2 Å². The number of cyclic esters (lactones) is 2. The van der Waals surface area contributed by atoms with E-state index in [2.05, 4.69) is 29.5 Å². The number of aromatic hydroxyl groups is 2. The maximum atomic E-state index is 12.3. The number of allylic oxidation sites excluding steroid dienone is 8. The lowest BCUT2D eigenvalue weighted by molar-refractivity contribution is -0.146. The van der Waals surface area contributed by atoms with E-state index in [1.807, 2.05) is 52.0 Å². The molecule has 70 heavy (non-hydrogen) atoms. The van der Waals surface area contributed by atoms with Crippen molar-refractivity contribution in [2.24, 2.45) is 11.8 Å². The molecule has 0 amide bonds. The third kappa shape index (κ3) is 17.0. The van der Waals surface area contributed by atoms with Gasteiger partial charge in [0.2, 0.25) is 0 Å². The quantitative estimate of drug-likeness (QED) is 0.0328. The molecule has 2 N–H and O–H groups in total. The van der Waals surface area contributed by atoms with Crippen LogP contribution < -0.4 is 9.47 Å². The molecule has 2 unspecified atom stereocenters. The number of alkyl halides is 1. The van der Waals surface area contributed by atoms with Crippen LogP contribution in [0.25, 0.3) is 0 Å². The second-order valence-corrected chi connectivity index (χ2v) is 20.2. The average Bonchev–Trinajstić information content (AvgIpc) is 3.96. The van der Waals surface area contributed by atoms with Crippen LogP contribution in [0.5, 0.6) is 23.0 Å². The maximum Gasteiger partial charge on any atom is 0.342 e. The minimum Gasteiger partial charge on any atom is -0.507 e. The van der Waals surface area contributed by atoms with E-state index in [9.17, 15) is 34.0 Å². The number of hydrogen-bond donors (Lipinski definition) is 2. The third-order valence-electron chi connectivity index (χ3n) is 11.4. The van der Waals surface area contributed by atoms with Gasteiger partial charge in [-0.15, -0.1) is 0 Å². The molecule has 0 saturated carbocycles. The summed E-state index contributed by atoms with van der Waals surface area (Å²) in [4.78, 5) is 48.4. The Labute approximate surface area is 421 Å². The van der Waals surface area contributed by atoms with E-state index >= 15 is 0 Å². The van der Waals surface area contributed by atoms with Gasteiger partial charge in [0.05, 0.1) is 46.4 Å². The zero-order valence-electron chi connectivity index (χ0n) is 42.4. The molecule has 2 heterocycles. The van der Waals surface area contributed by atoms with Crippen molar-refractivity contribution < 1.29 is 85.0 Å². The number of phenolic OH excluding ortho intramolecular Hbond substituents is 2. The molecule has 0 aromatic heterocycles. The number of carbonyl (C=O) groups excluding carboxylic acids is 4. The molecule has 0 fully saturated rings. The van der Waals surface area contributed by atoms with Gasteiger partial charge in [0.1, 0.15) is 47.3 Å². The summed E-state index contributed by atoms with van der Waals surface area (Å²) in [6.07, 6.45) is 13.8. The standard InChI is InChI=1S/C24H33O9P.C22H27BrO6.C3H9O3P/c1-15(13-17(23(26)30-4)9-7-8-12-34(28,31-5)32-6)10-11-18-21(25)20-19(14-33-24(20)27)16(2)22(18)29-3;1-13(11-15(21(25)28-4)7-5-6-10-23)8-9-16-19(24)18-17(12-29-22(18)26)14(2)20(16)27-3;1-4-7(5-2)6-3/h7-8,10,17,25H,9,11-14H2,1-6H3;5-6,8,15,24H,7,9-12H2,1-4H3;1-3H3/b8-7+,15-10+;6-5+,13-8+;. The molecule has 0 saturated heterocycles. The molecule has 21 heteroatoms. The summed E-state index contributed by atoms with van der Waals surface area (Å²) in [6, 6.07) is 0. The van der Waals surface area contributed by atoms with Crippen LogP contribution in [0.4, 0.5) is 0 Å². The summed E-state index contributed by atoms with van der Waals surface area (Å²) < 4.78 is 66.9. The molecule has 2 aromatic rings. The molecule has 0 aliphatic carbocycles. The Hall–Kier alpha value is -4.58. The number of methoxy groups -OCH3 is 4. The van der Waals surface area contributed by atoms with Gasteiger partial charge in [0.15, 0.2) is 0 Å². The van der Waals surface area contributed by atoms with E-state index in [1.165, 1.54) is 42.7 Å². The van der Waals surface area contributed by atoms with Crippen LogP contribution >= 0.6 is 32.1 Å². The summed E-state index contributed by atoms with van der Waals surface area (Å²) in [5.41, 5.74) is 6.14. The fraction of sp³-hybridized carbons (Fsp3) is 0.510. The Morgan fingerprint density at radius 1 is 0.671 bits per heavy atom. The molecule has 390 valence electrons. The fourth-order valence-corrected chi connectivity index (χ4v) is 9.21. The molecule has 4 rings (SSSR count). The molecule has 2 aliphatic rings. The highest BCUT2D eigenvalue weighted by molar-refractivity contribution is 9.09. The van der Waals surface area contributed by atoms with Gasteiger partial charge >= 0.3 is 40.1 Å². The smallest absolute Gasteiger partial charge is 0.342 e. The molecular weight excluding hydrogens is 1020 g/mol. The van der Waals surface area contributed by atoms with Crippen molar-refractivity contribution in [1.29, 1.82) is 0 Å². The number of hydrogen-bond acceptors (Lipinski definition) is 18. The van der Waals surface area contributed by atoms with Gasteiger partial charge < -0.3 is 61.3 Å². The van der Waals surface area contributed by atoms with Gasteiger partial charge in [-0.25, -0.2) is 9.59 Å². The average molecular weight is 1090 g/mol. The first kappa shape index (κ1) is 61.5. The second kappa shape index (κ2) is 31.0. The monoisotopic (exact) mass is 1090 g/mol. The second-order valence-electron chi connectivity index (χ2n) is 15.7. The van der Waals surface area contributed by atoms with E-state index in [1.54, 1.807) is 33.5 Å². The van der Waals surface area contributed by atoms with E-state index in [0.29, 0.717) is 72.3 Å². The van der Waals surface area contributed by atoms with Gasteiger partial charge in [-0.2, -0.15) is 0 Å². The van der Waals surface area contributed by atoms with Crippen molar-refractivity contribution in [2.75, 3.05) is 75.5 Å². The lowest BCUT2D eigenvalue weighted by atomic mass is 9.93. The molecule has 2 aromatic carbocycles. The van der Waals surface area contributed by atoms with Crippen LogP contribution in [-0.2, 0) is 81.8 Å². The minimum atomic E-state index is -3.15. The lowest BCUT2D eigenvalue weighted by Crippen LogP contribution is -2.16. The number of halogens is 1. The topological polar surface area (TPSA) is 227 Å². The first-order valence-electron chi connectivity index (χ1n) is 21.9. The Balaban J connectivity index is 0.000000426. The Kier molecular flexibility index (Phi) is 27.3. The fourth-order valence-electron chi connectivity index (χ4n) is 7.65. The zero-order chi connectivity index (χ0) is 52.7. The van der Waals surface area contributed by atoms with Crippen molar-refractivity contribution in [1.82, 2.24) is 0 Å². The van der Waals surface area contributed by atoms with Crippen molar-refractivity contribution in [3.05, 3.63) is 92.1 Å². The Morgan fingerprint density at radius 2 is 1.06 bits per heavy atom. The largest absolute Gasteiger partial charge is 0.507 e. The first-order valence-corrected chi connectivity index (χ1v) is 25.9. The van der Waals surface area contributed by atoms with Crippen LogP contribution in [0.15, 0.2) is 47.6 Å². The number of carbonyl (C=O) groups is 4. The molecule has 0 bridgehead atoms. The highest BCUT2D eigenvalue weighted by Gasteiger charge is 2.33. The van der Waals surface area contributed by atoms with Crippen LogP contribution in [0.3, 0.4) is 0 Å². The van der Waals surface area contributed by atoms with Crippen molar-refractivity contribution in [3.63, 3.8) is 0 Å². The summed E-state index contributed by atoms with van der Waals surface area (Å²) in [5, 5.41) is 22.2. The molecule has 18 nitrogen and oxygen atoms in total. The van der Waals surface area contributed by atoms with E-state index in [-0.39, 0.29) is 59.9 Å². The van der Waals surface area contributed by atoms with Gasteiger partial charge in [-0.05, 0) is 77.3 Å². The predicted molar refractivity (Wildman–Crippen MR) is 268 cm³/mol. The van der Waals surface area contributed by atoms with Crippen molar-refractivity contribution in [3.8, 4) is 23.0 Å². The van der Waals surface area contributed by atoms with Crippen LogP contribution in [-0.4, -0.2) is 110 Å². The van der Waals surface area contributed by atoms with E-state index in [4.69, 9.17) is 37.5 Å². The SMILES string of the molecule is COC(=O)C(C/C=C/CBr)C/C(C)=C/Cc1c(O)c2c(c(C)c1OC)COC2=O.COC(=O)C(C/C=C/CP(=O)(OC)OC)C/C(C)=C/Cc1c(O)c2c(c(C)c1OC)COC2=O.COP(OC)OC. The van der Waals surface area contributed by atoms with Crippen molar-refractivity contribution in [2.45, 2.75) is 79.4 Å². The Morgan fingerprint density at radius 3 is 1.37 bits per heavy atom. The van der Waals surface area contributed by atoms with Crippen LogP contribution in [0, 0.1) is 25.7 Å². The lowest BCUT2D eigenvalue weighted by Gasteiger charge is -2.16. The number of benzene rings is 2. The molecule has 2 aliphatic heterocycles. The minimum absolute atomic E-state index is 0.0984. The zero-order valence-corrected chi connectivity index (χ0v) is 45.8. The predicted octanol–water partition coefficient (Wildman–Crippen LogP) is 10.0. The maximum absolute atomic E-state index is 12.3. The molecule has 0 radical (unpaired) electrons. The summed E-state index contributed by atoms with van der Waals surface area (Å²) >= 11 is 3.32. The summed E-state index contributed by atoms with van der Waals surface area (Å²) in [7, 11) is 8.82. The number of phenols is 2. The van der Waals surface area contributed by atoms with Crippen LogP contribution in [0.2, 0.25) is 0 Å². The third-order valence-corrected chi connectivity index (χ3v) is 14.4. The van der Waals surface area contributed by atoms with Gasteiger partial charge in [0.25, 0.3) is 0 Å². The van der Waals surface area contributed by atoms with Gasteiger partial charge in [0, 0.05) is 63.1 Å². The highest BCUT2D eigenvalue weighted by Crippen LogP contribution is 2.46.